The van der Waals surface area contributed by atoms with Gasteiger partial charge < -0.3 is 10.1 Å². The van der Waals surface area contributed by atoms with Gasteiger partial charge in [-0.15, -0.1) is 0 Å². The van der Waals surface area contributed by atoms with Crippen molar-refractivity contribution in [3.63, 3.8) is 0 Å². The maximum absolute atomic E-state index is 6.14. The van der Waals surface area contributed by atoms with Crippen LogP contribution in [0.15, 0.2) is 54.6 Å². The number of hydrogen-bond donors (Lipinski definition) is 1. The average molecular weight is 283 g/mol. The molecule has 2 nitrogen and oxygen atoms in total. The van der Waals surface area contributed by atoms with E-state index in [1.165, 1.54) is 16.7 Å². The molecule has 1 N–H and O–H groups in total. The Morgan fingerprint density at radius 1 is 1.00 bits per heavy atom. The molecular weight excluding hydrogens is 258 g/mol. The van der Waals surface area contributed by atoms with Crippen molar-refractivity contribution in [1.29, 1.82) is 0 Å². The van der Waals surface area contributed by atoms with Crippen LogP contribution in [0.3, 0.4) is 0 Å². The van der Waals surface area contributed by atoms with E-state index in [2.05, 4.69) is 67.7 Å². The average Bonchev–Trinajstić information content (AvgIpc) is 2.53. The van der Waals surface area contributed by atoms with Crippen LogP contribution in [0.25, 0.3) is 0 Å². The molecule has 21 heavy (non-hydrogen) atoms. The lowest BCUT2D eigenvalue weighted by Crippen LogP contribution is -2.24. The Kier molecular flexibility index (Phi) is 6.45. The zero-order chi connectivity index (χ0) is 14.9. The monoisotopic (exact) mass is 283 g/mol. The molecule has 0 aliphatic rings. The van der Waals surface area contributed by atoms with Crippen molar-refractivity contribution in [1.82, 2.24) is 5.32 Å². The third-order valence-electron chi connectivity index (χ3n) is 3.50. The number of benzene rings is 2. The predicted octanol–water partition coefficient (Wildman–Crippen LogP) is 4.25. The number of rotatable bonds is 8. The van der Waals surface area contributed by atoms with Crippen LogP contribution >= 0.6 is 0 Å². The van der Waals surface area contributed by atoms with Crippen LogP contribution in [0, 0.1) is 6.92 Å². The molecule has 112 valence electrons. The first-order valence-corrected chi connectivity index (χ1v) is 7.72. The molecule has 0 bridgehead atoms. The van der Waals surface area contributed by atoms with Crippen molar-refractivity contribution in [2.45, 2.75) is 33.0 Å². The van der Waals surface area contributed by atoms with Gasteiger partial charge in [0, 0.05) is 6.54 Å². The number of nitrogens with one attached hydrogen (secondary N) is 1. The van der Waals surface area contributed by atoms with Crippen LogP contribution in [-0.2, 0) is 11.3 Å². The molecule has 0 saturated heterocycles. The van der Waals surface area contributed by atoms with Gasteiger partial charge in [-0.25, -0.2) is 0 Å². The first-order valence-electron chi connectivity index (χ1n) is 7.72. The standard InChI is InChI=1S/C19H25NO/c1-3-13-20-14-19(18-11-9-16(2)10-12-18)21-15-17-7-5-4-6-8-17/h4-12,19-20H,3,13-15H2,1-2H3. The van der Waals surface area contributed by atoms with Crippen LogP contribution < -0.4 is 5.32 Å². The number of hydrogen-bond acceptors (Lipinski definition) is 2. The Balaban J connectivity index is 1.99. The molecule has 2 heteroatoms. The smallest absolute Gasteiger partial charge is 0.0953 e. The molecule has 0 fully saturated rings. The van der Waals surface area contributed by atoms with Gasteiger partial charge in [0.1, 0.15) is 0 Å². The predicted molar refractivity (Wildman–Crippen MR) is 88.3 cm³/mol. The van der Waals surface area contributed by atoms with Crippen molar-refractivity contribution >= 4 is 0 Å². The van der Waals surface area contributed by atoms with Crippen molar-refractivity contribution in [2.24, 2.45) is 0 Å². The van der Waals surface area contributed by atoms with E-state index in [-0.39, 0.29) is 6.10 Å². The van der Waals surface area contributed by atoms with Crippen LogP contribution in [0.1, 0.15) is 36.1 Å². The van der Waals surface area contributed by atoms with Gasteiger partial charge in [-0.3, -0.25) is 0 Å². The van der Waals surface area contributed by atoms with Crippen LogP contribution in [0.4, 0.5) is 0 Å². The van der Waals surface area contributed by atoms with Gasteiger partial charge in [0.25, 0.3) is 0 Å². The van der Waals surface area contributed by atoms with E-state index in [1.54, 1.807) is 0 Å². The molecule has 2 rings (SSSR count). The minimum absolute atomic E-state index is 0.0948. The molecule has 0 aliphatic heterocycles. The molecule has 0 spiro atoms. The summed E-state index contributed by atoms with van der Waals surface area (Å²) in [6.45, 7) is 6.81. The highest BCUT2D eigenvalue weighted by Crippen LogP contribution is 2.19. The second kappa shape index (κ2) is 8.60. The fourth-order valence-corrected chi connectivity index (χ4v) is 2.24. The summed E-state index contributed by atoms with van der Waals surface area (Å²) in [5.74, 6) is 0. The highest BCUT2D eigenvalue weighted by molar-refractivity contribution is 5.23. The maximum atomic E-state index is 6.14. The van der Waals surface area contributed by atoms with Crippen molar-refractivity contribution in [3.05, 3.63) is 71.3 Å². The number of aryl methyl sites for hydroxylation is 1. The van der Waals surface area contributed by atoms with Crippen LogP contribution in [-0.4, -0.2) is 13.1 Å². The van der Waals surface area contributed by atoms with E-state index in [4.69, 9.17) is 4.74 Å². The van der Waals surface area contributed by atoms with Crippen molar-refractivity contribution in [3.8, 4) is 0 Å². The van der Waals surface area contributed by atoms with Gasteiger partial charge >= 0.3 is 0 Å². The van der Waals surface area contributed by atoms with Gasteiger partial charge in [0.05, 0.1) is 12.7 Å². The molecule has 0 saturated carbocycles. The van der Waals surface area contributed by atoms with Crippen molar-refractivity contribution < 1.29 is 4.74 Å². The van der Waals surface area contributed by atoms with Gasteiger partial charge in [-0.05, 0) is 31.0 Å². The SMILES string of the molecule is CCCNCC(OCc1ccccc1)c1ccc(C)cc1. The Morgan fingerprint density at radius 2 is 1.71 bits per heavy atom. The summed E-state index contributed by atoms with van der Waals surface area (Å²) in [4.78, 5) is 0. The molecule has 0 aliphatic carbocycles. The third-order valence-corrected chi connectivity index (χ3v) is 3.50. The quantitative estimate of drug-likeness (QED) is 0.731. The highest BCUT2D eigenvalue weighted by Gasteiger charge is 2.11. The van der Waals surface area contributed by atoms with E-state index < -0.39 is 0 Å². The normalized spacial score (nSPS) is 12.3. The Hall–Kier alpha value is -1.64. The van der Waals surface area contributed by atoms with E-state index in [0.29, 0.717) is 6.61 Å². The fourth-order valence-electron chi connectivity index (χ4n) is 2.24. The van der Waals surface area contributed by atoms with E-state index in [0.717, 1.165) is 19.5 Å². The molecule has 1 unspecified atom stereocenters. The zero-order valence-corrected chi connectivity index (χ0v) is 13.0. The fraction of sp³-hybridized carbons (Fsp3) is 0.368. The lowest BCUT2D eigenvalue weighted by Gasteiger charge is -2.19. The summed E-state index contributed by atoms with van der Waals surface area (Å²) >= 11 is 0. The summed E-state index contributed by atoms with van der Waals surface area (Å²) < 4.78 is 6.14. The molecule has 0 amide bonds. The number of ether oxygens (including phenoxy) is 1. The minimum atomic E-state index is 0.0948. The Morgan fingerprint density at radius 3 is 2.38 bits per heavy atom. The summed E-state index contributed by atoms with van der Waals surface area (Å²) in [6, 6.07) is 19.0. The van der Waals surface area contributed by atoms with E-state index >= 15 is 0 Å². The highest BCUT2D eigenvalue weighted by atomic mass is 16.5. The molecular formula is C19H25NO. The first kappa shape index (κ1) is 15.7. The second-order valence-corrected chi connectivity index (χ2v) is 5.40. The van der Waals surface area contributed by atoms with E-state index in [9.17, 15) is 0 Å². The Labute approximate surface area is 128 Å². The lowest BCUT2D eigenvalue weighted by molar-refractivity contribution is 0.0399. The second-order valence-electron chi connectivity index (χ2n) is 5.40. The minimum Gasteiger partial charge on any atom is -0.368 e. The maximum Gasteiger partial charge on any atom is 0.0953 e. The van der Waals surface area contributed by atoms with Crippen LogP contribution in [0.5, 0.6) is 0 Å². The summed E-state index contributed by atoms with van der Waals surface area (Å²) in [5.41, 5.74) is 3.73. The van der Waals surface area contributed by atoms with Gasteiger partial charge in [0.2, 0.25) is 0 Å². The van der Waals surface area contributed by atoms with Gasteiger partial charge in [-0.2, -0.15) is 0 Å². The summed E-state index contributed by atoms with van der Waals surface area (Å²) in [5, 5.41) is 3.46. The van der Waals surface area contributed by atoms with Crippen molar-refractivity contribution in [2.75, 3.05) is 13.1 Å². The largest absolute Gasteiger partial charge is 0.368 e. The van der Waals surface area contributed by atoms with Crippen LogP contribution in [0.2, 0.25) is 0 Å². The van der Waals surface area contributed by atoms with E-state index in [1.807, 2.05) is 6.07 Å². The molecule has 0 radical (unpaired) electrons. The lowest BCUT2D eigenvalue weighted by atomic mass is 10.1. The molecule has 1 atom stereocenters. The molecule has 0 aromatic heterocycles. The first-order chi connectivity index (χ1) is 10.3. The third kappa shape index (κ3) is 5.33. The van der Waals surface area contributed by atoms with Gasteiger partial charge in [-0.1, -0.05) is 67.1 Å². The zero-order valence-electron chi connectivity index (χ0n) is 13.0. The summed E-state index contributed by atoms with van der Waals surface area (Å²) in [7, 11) is 0. The molecule has 2 aromatic rings. The molecule has 0 heterocycles. The molecule has 2 aromatic carbocycles. The Bertz CT molecular complexity index is 507. The topological polar surface area (TPSA) is 21.3 Å². The van der Waals surface area contributed by atoms with Gasteiger partial charge in [0.15, 0.2) is 0 Å². The summed E-state index contributed by atoms with van der Waals surface area (Å²) in [6.07, 6.45) is 1.23.